The summed E-state index contributed by atoms with van der Waals surface area (Å²) >= 11 is 0. The Morgan fingerprint density at radius 1 is 1.23 bits per heavy atom. The van der Waals surface area contributed by atoms with Crippen molar-refractivity contribution < 1.29 is 19.1 Å². The number of para-hydroxylation sites is 1. The van der Waals surface area contributed by atoms with E-state index in [0.717, 1.165) is 11.3 Å². The predicted molar refractivity (Wildman–Crippen MR) is 81.8 cm³/mol. The summed E-state index contributed by atoms with van der Waals surface area (Å²) in [6.45, 7) is 7.64. The number of carbonyl (C=O) groups excluding carboxylic acids is 2. The summed E-state index contributed by atoms with van der Waals surface area (Å²) < 4.78 is 10.6. The lowest BCUT2D eigenvalue weighted by Gasteiger charge is -2.27. The fraction of sp³-hybridized carbons (Fsp3) is 0.529. The van der Waals surface area contributed by atoms with E-state index < -0.39 is 11.7 Å². The molecule has 5 nitrogen and oxygen atoms in total. The van der Waals surface area contributed by atoms with Gasteiger partial charge in [-0.2, -0.15) is 0 Å². The molecule has 0 N–H and O–H groups in total. The Balaban J connectivity index is 1.89. The molecule has 0 bridgehead atoms. The molecule has 1 saturated carbocycles. The average molecular weight is 303 g/mol. The quantitative estimate of drug-likeness (QED) is 0.788. The topological polar surface area (TPSA) is 55.8 Å². The minimum atomic E-state index is -0.571. The van der Waals surface area contributed by atoms with Crippen molar-refractivity contribution in [3.8, 4) is 0 Å². The van der Waals surface area contributed by atoms with Gasteiger partial charge in [0, 0.05) is 5.92 Å². The summed E-state index contributed by atoms with van der Waals surface area (Å²) in [5.41, 5.74) is 1.29. The number of fused-ring (bicyclic) bond motifs is 3. The van der Waals surface area contributed by atoms with Gasteiger partial charge in [-0.05, 0) is 39.3 Å². The summed E-state index contributed by atoms with van der Waals surface area (Å²) in [7, 11) is 0. The molecule has 5 heteroatoms. The Bertz CT molecular complexity index is 619. The number of ether oxygens (including phenoxy) is 2. The van der Waals surface area contributed by atoms with Gasteiger partial charge in [0.25, 0.3) is 0 Å². The molecule has 1 fully saturated rings. The number of amides is 1. The minimum absolute atomic E-state index is 0.0303. The van der Waals surface area contributed by atoms with Crippen molar-refractivity contribution in [3.63, 3.8) is 0 Å². The van der Waals surface area contributed by atoms with Crippen LogP contribution in [0.25, 0.3) is 0 Å². The number of anilines is 1. The fourth-order valence-electron chi connectivity index (χ4n) is 3.20. The van der Waals surface area contributed by atoms with E-state index in [-0.39, 0.29) is 23.8 Å². The average Bonchev–Trinajstić information content (AvgIpc) is 3.04. The highest BCUT2D eigenvalue weighted by molar-refractivity contribution is 5.98. The molecule has 0 aromatic heterocycles. The van der Waals surface area contributed by atoms with Crippen LogP contribution in [0.15, 0.2) is 24.3 Å². The van der Waals surface area contributed by atoms with Crippen LogP contribution < -0.4 is 4.90 Å². The fourth-order valence-corrected chi connectivity index (χ4v) is 3.20. The number of nitrogens with zero attached hydrogens (tertiary/aromatic N) is 1. The van der Waals surface area contributed by atoms with Gasteiger partial charge in [0.1, 0.15) is 5.60 Å². The molecule has 0 saturated heterocycles. The van der Waals surface area contributed by atoms with Crippen molar-refractivity contribution in [3.05, 3.63) is 29.8 Å². The lowest BCUT2D eigenvalue weighted by Crippen LogP contribution is -2.39. The van der Waals surface area contributed by atoms with Gasteiger partial charge < -0.3 is 9.47 Å². The highest BCUT2D eigenvalue weighted by Crippen LogP contribution is 2.60. The second-order valence-corrected chi connectivity index (χ2v) is 6.70. The van der Waals surface area contributed by atoms with Crippen LogP contribution in [0.1, 0.15) is 39.2 Å². The first kappa shape index (κ1) is 14.9. The van der Waals surface area contributed by atoms with E-state index >= 15 is 0 Å². The molecule has 22 heavy (non-hydrogen) atoms. The first-order valence-corrected chi connectivity index (χ1v) is 7.63. The Labute approximate surface area is 130 Å². The van der Waals surface area contributed by atoms with Crippen LogP contribution in [0.3, 0.4) is 0 Å². The number of carbonyl (C=O) groups is 2. The van der Waals surface area contributed by atoms with Gasteiger partial charge in [-0.3, -0.25) is 9.69 Å². The second-order valence-electron chi connectivity index (χ2n) is 6.70. The van der Waals surface area contributed by atoms with Crippen LogP contribution in [0.5, 0.6) is 0 Å². The zero-order valence-corrected chi connectivity index (χ0v) is 13.3. The summed E-state index contributed by atoms with van der Waals surface area (Å²) in [5.74, 6) is -0.481. The summed E-state index contributed by atoms with van der Waals surface area (Å²) in [6.07, 6.45) is -0.403. The van der Waals surface area contributed by atoms with E-state index in [0.29, 0.717) is 6.61 Å². The van der Waals surface area contributed by atoms with Crippen LogP contribution >= 0.6 is 0 Å². The van der Waals surface area contributed by atoms with Gasteiger partial charge in [-0.25, -0.2) is 4.79 Å². The van der Waals surface area contributed by atoms with E-state index in [4.69, 9.17) is 9.47 Å². The third kappa shape index (κ3) is 2.34. The van der Waals surface area contributed by atoms with E-state index in [1.807, 2.05) is 45.0 Å². The molecule has 1 heterocycles. The Hall–Kier alpha value is -2.04. The van der Waals surface area contributed by atoms with E-state index in [9.17, 15) is 9.59 Å². The third-order valence-electron chi connectivity index (χ3n) is 3.98. The molecule has 1 aromatic carbocycles. The van der Waals surface area contributed by atoms with Crippen LogP contribution in [0.2, 0.25) is 0 Å². The molecule has 0 radical (unpaired) electrons. The third-order valence-corrected chi connectivity index (χ3v) is 3.98. The monoisotopic (exact) mass is 303 g/mol. The van der Waals surface area contributed by atoms with Crippen molar-refractivity contribution in [2.45, 2.75) is 45.3 Å². The SMILES string of the molecule is CCOC(=O)C1C2c3ccccc3N(C(=O)OC(C)(C)C)C12. The maximum Gasteiger partial charge on any atom is 0.415 e. The van der Waals surface area contributed by atoms with Crippen LogP contribution in [-0.4, -0.2) is 30.3 Å². The predicted octanol–water partition coefficient (Wildman–Crippen LogP) is 3.09. The molecule has 1 aliphatic carbocycles. The molecule has 1 amide bonds. The van der Waals surface area contributed by atoms with Gasteiger partial charge in [0.05, 0.1) is 24.3 Å². The highest BCUT2D eigenvalue weighted by atomic mass is 16.6. The lowest BCUT2D eigenvalue weighted by atomic mass is 10.1. The van der Waals surface area contributed by atoms with Crippen LogP contribution in [0, 0.1) is 5.92 Å². The molecule has 3 rings (SSSR count). The van der Waals surface area contributed by atoms with Gasteiger partial charge in [-0.15, -0.1) is 0 Å². The standard InChI is InChI=1S/C17H21NO4/c1-5-21-15(19)13-12-10-8-6-7-9-11(10)18(14(12)13)16(20)22-17(2,3)4/h6-9,12-14H,5H2,1-4H3. The number of hydrogen-bond acceptors (Lipinski definition) is 4. The molecule has 1 aliphatic heterocycles. The molecular weight excluding hydrogens is 282 g/mol. The summed E-state index contributed by atoms with van der Waals surface area (Å²) in [6, 6.07) is 7.51. The van der Waals surface area contributed by atoms with Gasteiger partial charge in [0.2, 0.25) is 0 Å². The largest absolute Gasteiger partial charge is 0.466 e. The number of rotatable bonds is 2. The zero-order valence-electron chi connectivity index (χ0n) is 13.3. The summed E-state index contributed by atoms with van der Waals surface area (Å²) in [5, 5.41) is 0. The highest BCUT2D eigenvalue weighted by Gasteiger charge is 2.66. The second kappa shape index (κ2) is 5.00. The van der Waals surface area contributed by atoms with Crippen LogP contribution in [0.4, 0.5) is 10.5 Å². The number of hydrogen-bond donors (Lipinski definition) is 0. The zero-order chi connectivity index (χ0) is 16.1. The molecule has 3 atom stereocenters. The van der Waals surface area contributed by atoms with Gasteiger partial charge in [0.15, 0.2) is 0 Å². The van der Waals surface area contributed by atoms with E-state index in [1.165, 1.54) is 0 Å². The smallest absolute Gasteiger partial charge is 0.415 e. The van der Waals surface area contributed by atoms with Crippen molar-refractivity contribution in [1.29, 1.82) is 0 Å². The molecule has 2 aliphatic rings. The van der Waals surface area contributed by atoms with Crippen molar-refractivity contribution >= 4 is 17.7 Å². The summed E-state index contributed by atoms with van der Waals surface area (Å²) in [4.78, 5) is 26.2. The molecule has 118 valence electrons. The first-order chi connectivity index (χ1) is 10.3. The van der Waals surface area contributed by atoms with Gasteiger partial charge in [-0.1, -0.05) is 18.2 Å². The number of esters is 1. The molecular formula is C17H21NO4. The first-order valence-electron chi connectivity index (χ1n) is 7.63. The van der Waals surface area contributed by atoms with Crippen molar-refractivity contribution in [1.82, 2.24) is 0 Å². The maximum atomic E-state index is 12.5. The Morgan fingerprint density at radius 2 is 1.91 bits per heavy atom. The van der Waals surface area contributed by atoms with Gasteiger partial charge >= 0.3 is 12.1 Å². The minimum Gasteiger partial charge on any atom is -0.466 e. The maximum absolute atomic E-state index is 12.5. The lowest BCUT2D eigenvalue weighted by molar-refractivity contribution is -0.144. The van der Waals surface area contributed by atoms with Crippen LogP contribution in [-0.2, 0) is 14.3 Å². The molecule has 1 aromatic rings. The molecule has 0 spiro atoms. The van der Waals surface area contributed by atoms with E-state index in [2.05, 4.69) is 0 Å². The van der Waals surface area contributed by atoms with E-state index in [1.54, 1.807) is 11.8 Å². The Kier molecular flexibility index (Phi) is 3.38. The Morgan fingerprint density at radius 3 is 2.55 bits per heavy atom. The van der Waals surface area contributed by atoms with Crippen molar-refractivity contribution in [2.24, 2.45) is 5.92 Å². The van der Waals surface area contributed by atoms with Crippen molar-refractivity contribution in [2.75, 3.05) is 11.5 Å². The molecule has 3 unspecified atom stereocenters. The normalized spacial score (nSPS) is 25.3. The number of benzene rings is 1.